The number of rotatable bonds is 69. The lowest BCUT2D eigenvalue weighted by Gasteiger charge is -2.18. The number of ether oxygens (including phenoxy) is 3. The highest BCUT2D eigenvalue weighted by atomic mass is 16.6. The molecule has 0 saturated carbocycles. The molecule has 478 valence electrons. The van der Waals surface area contributed by atoms with Gasteiger partial charge in [0.2, 0.25) is 0 Å². The monoisotopic (exact) mass is 1140 g/mol. The third kappa shape index (κ3) is 68.6. The fourth-order valence-corrected chi connectivity index (χ4v) is 11.4. The normalized spacial score (nSPS) is 12.1. The van der Waals surface area contributed by atoms with Gasteiger partial charge < -0.3 is 14.2 Å². The van der Waals surface area contributed by atoms with Gasteiger partial charge in [-0.3, -0.25) is 14.4 Å². The first-order valence-corrected chi connectivity index (χ1v) is 36.8. The van der Waals surface area contributed by atoms with Gasteiger partial charge in [-0.2, -0.15) is 0 Å². The molecule has 6 nitrogen and oxygen atoms in total. The maximum Gasteiger partial charge on any atom is 0.306 e. The SMILES string of the molecule is CCCCCCC/C=C\C/C=C\CCCCCCCCCCCCCCCCCCCCCCCC(=O)OCC(COC(=O)CCCCCCCCCCCCCCC)OC(=O)CCCCCCCCCCCCCCCCCCC. The molecule has 1 atom stereocenters. The molecule has 0 amide bonds. The van der Waals surface area contributed by atoms with E-state index in [0.29, 0.717) is 19.3 Å². The standard InChI is InChI=1S/C75H142O6/c1-4-7-10-13-16-19-22-25-27-29-30-31-32-33-34-35-36-37-38-39-40-41-42-43-44-46-47-50-53-56-59-62-65-68-74(77)80-71-72(70-79-73(76)67-64-61-58-55-52-49-24-21-18-15-12-9-6-3)81-75(78)69-66-63-60-57-54-51-48-45-28-26-23-20-17-14-11-8-5-2/h22,25,29-30,72H,4-21,23-24,26-28,31-71H2,1-3H3/b25-22-,30-29-. The average Bonchev–Trinajstić information content (AvgIpc) is 3.46. The summed E-state index contributed by atoms with van der Waals surface area (Å²) in [5, 5.41) is 0. The summed E-state index contributed by atoms with van der Waals surface area (Å²) in [7, 11) is 0. The molecule has 0 spiro atoms. The van der Waals surface area contributed by atoms with Gasteiger partial charge >= 0.3 is 17.9 Å². The van der Waals surface area contributed by atoms with Gasteiger partial charge in [0.25, 0.3) is 0 Å². The fourth-order valence-electron chi connectivity index (χ4n) is 11.4. The Morgan fingerprint density at radius 2 is 0.444 bits per heavy atom. The first-order chi connectivity index (χ1) is 40.0. The van der Waals surface area contributed by atoms with Crippen LogP contribution in [0.2, 0.25) is 0 Å². The van der Waals surface area contributed by atoms with Crippen LogP contribution in [0.1, 0.15) is 419 Å². The maximum atomic E-state index is 12.9. The second-order valence-corrected chi connectivity index (χ2v) is 25.2. The second kappa shape index (κ2) is 70.4. The van der Waals surface area contributed by atoms with E-state index in [1.807, 2.05) is 0 Å². The van der Waals surface area contributed by atoms with Gasteiger partial charge in [-0.15, -0.1) is 0 Å². The van der Waals surface area contributed by atoms with Crippen LogP contribution in [0.25, 0.3) is 0 Å². The van der Waals surface area contributed by atoms with Crippen molar-refractivity contribution in [1.29, 1.82) is 0 Å². The van der Waals surface area contributed by atoms with E-state index in [0.717, 1.165) is 64.2 Å². The van der Waals surface area contributed by atoms with Gasteiger partial charge in [0, 0.05) is 19.3 Å². The van der Waals surface area contributed by atoms with Crippen LogP contribution < -0.4 is 0 Å². The lowest BCUT2D eigenvalue weighted by molar-refractivity contribution is -0.167. The number of esters is 3. The maximum absolute atomic E-state index is 12.9. The Balaban J connectivity index is 4.09. The Hall–Kier alpha value is -2.11. The predicted octanol–water partition coefficient (Wildman–Crippen LogP) is 25.3. The molecule has 0 aliphatic heterocycles. The van der Waals surface area contributed by atoms with Crippen LogP contribution in [0.5, 0.6) is 0 Å². The van der Waals surface area contributed by atoms with Crippen LogP contribution in [0.3, 0.4) is 0 Å². The number of allylic oxidation sites excluding steroid dienone is 4. The number of carbonyl (C=O) groups is 3. The highest BCUT2D eigenvalue weighted by molar-refractivity contribution is 5.71. The smallest absolute Gasteiger partial charge is 0.306 e. The summed E-state index contributed by atoms with van der Waals surface area (Å²) in [4.78, 5) is 38.4. The summed E-state index contributed by atoms with van der Waals surface area (Å²) in [5.41, 5.74) is 0. The van der Waals surface area contributed by atoms with Gasteiger partial charge in [0.05, 0.1) is 0 Å². The molecule has 6 heteroatoms. The fraction of sp³-hybridized carbons (Fsp3) is 0.907. The van der Waals surface area contributed by atoms with Gasteiger partial charge in [0.15, 0.2) is 6.10 Å². The molecule has 0 heterocycles. The van der Waals surface area contributed by atoms with Crippen molar-refractivity contribution in [1.82, 2.24) is 0 Å². The van der Waals surface area contributed by atoms with Crippen molar-refractivity contribution >= 4 is 17.9 Å². The Labute approximate surface area is 506 Å². The van der Waals surface area contributed by atoms with Crippen LogP contribution in [0.4, 0.5) is 0 Å². The molecule has 0 aromatic heterocycles. The van der Waals surface area contributed by atoms with Crippen molar-refractivity contribution in [2.45, 2.75) is 425 Å². The molecule has 1 unspecified atom stereocenters. The first-order valence-electron chi connectivity index (χ1n) is 36.8. The molecular weight excluding hydrogens is 997 g/mol. The van der Waals surface area contributed by atoms with Crippen molar-refractivity contribution < 1.29 is 28.6 Å². The van der Waals surface area contributed by atoms with Crippen molar-refractivity contribution in [2.75, 3.05) is 13.2 Å². The first kappa shape index (κ1) is 78.9. The van der Waals surface area contributed by atoms with Crippen molar-refractivity contribution in [3.8, 4) is 0 Å². The zero-order chi connectivity index (χ0) is 58.5. The van der Waals surface area contributed by atoms with Crippen LogP contribution in [-0.2, 0) is 28.6 Å². The Kier molecular flexibility index (Phi) is 68.5. The molecular formula is C75H142O6. The lowest BCUT2D eigenvalue weighted by atomic mass is 10.0. The van der Waals surface area contributed by atoms with Crippen molar-refractivity contribution in [2.24, 2.45) is 0 Å². The molecule has 0 N–H and O–H groups in total. The molecule has 0 fully saturated rings. The minimum absolute atomic E-state index is 0.0626. The number of unbranched alkanes of at least 4 members (excludes halogenated alkanes) is 54. The van der Waals surface area contributed by atoms with Crippen LogP contribution in [-0.4, -0.2) is 37.2 Å². The molecule has 0 bridgehead atoms. The lowest BCUT2D eigenvalue weighted by Crippen LogP contribution is -2.30. The van der Waals surface area contributed by atoms with Gasteiger partial charge in [0.1, 0.15) is 13.2 Å². The minimum Gasteiger partial charge on any atom is -0.462 e. The van der Waals surface area contributed by atoms with E-state index in [4.69, 9.17) is 14.2 Å². The van der Waals surface area contributed by atoms with E-state index < -0.39 is 6.10 Å². The second-order valence-electron chi connectivity index (χ2n) is 25.2. The highest BCUT2D eigenvalue weighted by Gasteiger charge is 2.20. The predicted molar refractivity (Wildman–Crippen MR) is 353 cm³/mol. The summed E-state index contributed by atoms with van der Waals surface area (Å²) >= 11 is 0. The zero-order valence-electron chi connectivity index (χ0n) is 55.1. The quantitative estimate of drug-likeness (QED) is 0.0261. The minimum atomic E-state index is -0.765. The molecule has 0 aliphatic carbocycles. The Morgan fingerprint density at radius 3 is 0.679 bits per heavy atom. The summed E-state index contributed by atoms with van der Waals surface area (Å²) in [6.45, 7) is 6.71. The number of hydrogen-bond donors (Lipinski definition) is 0. The molecule has 0 aromatic carbocycles. The molecule has 81 heavy (non-hydrogen) atoms. The summed E-state index contributed by atoms with van der Waals surface area (Å²) < 4.78 is 17.0. The van der Waals surface area contributed by atoms with Gasteiger partial charge in [-0.25, -0.2) is 0 Å². The summed E-state index contributed by atoms with van der Waals surface area (Å²) in [5.74, 6) is -0.827. The van der Waals surface area contributed by atoms with Crippen molar-refractivity contribution in [3.63, 3.8) is 0 Å². The highest BCUT2D eigenvalue weighted by Crippen LogP contribution is 2.19. The molecule has 0 aliphatic rings. The third-order valence-corrected chi connectivity index (χ3v) is 17.0. The average molecular weight is 1140 g/mol. The van der Waals surface area contributed by atoms with E-state index >= 15 is 0 Å². The third-order valence-electron chi connectivity index (χ3n) is 17.0. The summed E-state index contributed by atoms with van der Waals surface area (Å²) in [6, 6.07) is 0. The van der Waals surface area contributed by atoms with E-state index in [1.165, 1.54) is 315 Å². The Morgan fingerprint density at radius 1 is 0.247 bits per heavy atom. The van der Waals surface area contributed by atoms with Crippen molar-refractivity contribution in [3.05, 3.63) is 24.3 Å². The van der Waals surface area contributed by atoms with Gasteiger partial charge in [-0.1, -0.05) is 373 Å². The number of hydrogen-bond acceptors (Lipinski definition) is 6. The largest absolute Gasteiger partial charge is 0.462 e. The molecule has 0 radical (unpaired) electrons. The van der Waals surface area contributed by atoms with Crippen LogP contribution in [0, 0.1) is 0 Å². The van der Waals surface area contributed by atoms with E-state index in [2.05, 4.69) is 45.1 Å². The summed E-state index contributed by atoms with van der Waals surface area (Å²) in [6.07, 6.45) is 86.5. The number of carbonyl (C=O) groups excluding carboxylic acids is 3. The van der Waals surface area contributed by atoms with E-state index in [1.54, 1.807) is 0 Å². The van der Waals surface area contributed by atoms with E-state index in [-0.39, 0.29) is 31.1 Å². The van der Waals surface area contributed by atoms with Crippen LogP contribution in [0.15, 0.2) is 24.3 Å². The molecule has 0 saturated heterocycles. The topological polar surface area (TPSA) is 78.9 Å². The Bertz CT molecular complexity index is 1310. The molecule has 0 rings (SSSR count). The van der Waals surface area contributed by atoms with Gasteiger partial charge in [-0.05, 0) is 51.4 Å². The zero-order valence-corrected chi connectivity index (χ0v) is 55.1. The molecule has 0 aromatic rings. The van der Waals surface area contributed by atoms with Crippen LogP contribution >= 0.6 is 0 Å². The van der Waals surface area contributed by atoms with E-state index in [9.17, 15) is 14.4 Å².